The van der Waals surface area contributed by atoms with E-state index in [1.54, 1.807) is 7.11 Å². The van der Waals surface area contributed by atoms with Crippen molar-refractivity contribution in [2.45, 2.75) is 45.6 Å². The molecule has 0 aliphatic heterocycles. The van der Waals surface area contributed by atoms with Crippen molar-refractivity contribution in [1.29, 1.82) is 0 Å². The molecule has 0 saturated heterocycles. The maximum atomic E-state index is 12.4. The van der Waals surface area contributed by atoms with E-state index in [2.05, 4.69) is 18.3 Å². The molecule has 140 valence electrons. The van der Waals surface area contributed by atoms with Crippen molar-refractivity contribution in [3.05, 3.63) is 59.7 Å². The summed E-state index contributed by atoms with van der Waals surface area (Å²) >= 11 is 0. The maximum Gasteiger partial charge on any atom is 0.261 e. The molecule has 0 unspecified atom stereocenters. The van der Waals surface area contributed by atoms with Gasteiger partial charge in [-0.05, 0) is 61.1 Å². The fourth-order valence-corrected chi connectivity index (χ4v) is 2.74. The van der Waals surface area contributed by atoms with Gasteiger partial charge in [0.05, 0.1) is 7.11 Å². The monoisotopic (exact) mass is 355 g/mol. The average Bonchev–Trinajstić information content (AvgIpc) is 2.69. The van der Waals surface area contributed by atoms with E-state index in [0.29, 0.717) is 13.0 Å². The fraction of sp³-hybridized carbons (Fsp3) is 0.409. The van der Waals surface area contributed by atoms with Gasteiger partial charge in [0.1, 0.15) is 11.5 Å². The lowest BCUT2D eigenvalue weighted by molar-refractivity contribution is -0.128. The van der Waals surface area contributed by atoms with Gasteiger partial charge in [-0.2, -0.15) is 0 Å². The number of carbonyl (C=O) groups excluding carboxylic acids is 1. The van der Waals surface area contributed by atoms with Crippen LogP contribution in [0.2, 0.25) is 0 Å². The van der Waals surface area contributed by atoms with E-state index in [4.69, 9.17) is 9.47 Å². The third-order valence-electron chi connectivity index (χ3n) is 4.35. The number of hydrogen-bond acceptors (Lipinski definition) is 3. The summed E-state index contributed by atoms with van der Waals surface area (Å²) in [5.74, 6) is 1.54. The molecule has 1 amide bonds. The number of benzene rings is 2. The molecule has 0 fully saturated rings. The summed E-state index contributed by atoms with van der Waals surface area (Å²) in [5, 5.41) is 2.98. The van der Waals surface area contributed by atoms with Gasteiger partial charge in [0.25, 0.3) is 5.91 Å². The Balaban J connectivity index is 1.77. The summed E-state index contributed by atoms with van der Waals surface area (Å²) in [4.78, 5) is 12.4. The second kappa shape index (κ2) is 10.5. The van der Waals surface area contributed by atoms with Crippen molar-refractivity contribution < 1.29 is 14.3 Å². The van der Waals surface area contributed by atoms with Crippen molar-refractivity contribution in [2.24, 2.45) is 0 Å². The second-order valence-corrected chi connectivity index (χ2v) is 6.26. The Hall–Kier alpha value is -2.49. The number of ether oxygens (including phenoxy) is 2. The van der Waals surface area contributed by atoms with Crippen LogP contribution in [0, 0.1) is 0 Å². The maximum absolute atomic E-state index is 12.4. The predicted octanol–water partition coefficient (Wildman–Crippen LogP) is 4.16. The minimum Gasteiger partial charge on any atom is -0.497 e. The molecule has 0 heterocycles. The van der Waals surface area contributed by atoms with Gasteiger partial charge in [0.2, 0.25) is 0 Å². The van der Waals surface area contributed by atoms with E-state index >= 15 is 0 Å². The first kappa shape index (κ1) is 19.8. The van der Waals surface area contributed by atoms with Crippen LogP contribution in [-0.4, -0.2) is 25.7 Å². The van der Waals surface area contributed by atoms with E-state index in [-0.39, 0.29) is 5.91 Å². The van der Waals surface area contributed by atoms with Crippen molar-refractivity contribution in [2.75, 3.05) is 13.7 Å². The standard InChI is InChI=1S/C22H29NO3/c1-4-17-11-13-19(14-12-17)26-21(5-2)22(24)23-15-7-9-18-8-6-10-20(16-18)25-3/h6,8,10-14,16,21H,4-5,7,9,15H2,1-3H3,(H,23,24)/t21-/m0/s1. The zero-order valence-electron chi connectivity index (χ0n) is 16.0. The largest absolute Gasteiger partial charge is 0.497 e. The van der Waals surface area contributed by atoms with E-state index in [1.165, 1.54) is 11.1 Å². The van der Waals surface area contributed by atoms with Crippen LogP contribution in [0.4, 0.5) is 0 Å². The number of carbonyl (C=O) groups is 1. The number of nitrogens with one attached hydrogen (secondary N) is 1. The molecule has 2 aromatic carbocycles. The smallest absolute Gasteiger partial charge is 0.261 e. The summed E-state index contributed by atoms with van der Waals surface area (Å²) < 4.78 is 11.1. The van der Waals surface area contributed by atoms with Crippen LogP contribution in [-0.2, 0) is 17.6 Å². The molecule has 26 heavy (non-hydrogen) atoms. The summed E-state index contributed by atoms with van der Waals surface area (Å²) in [7, 11) is 1.67. The highest BCUT2D eigenvalue weighted by Gasteiger charge is 2.17. The highest BCUT2D eigenvalue weighted by Crippen LogP contribution is 2.16. The minimum absolute atomic E-state index is 0.0577. The lowest BCUT2D eigenvalue weighted by atomic mass is 10.1. The molecule has 0 bridgehead atoms. The van der Waals surface area contributed by atoms with Crippen LogP contribution >= 0.6 is 0 Å². The normalized spacial score (nSPS) is 11.7. The average molecular weight is 355 g/mol. The number of amides is 1. The number of rotatable bonds is 10. The summed E-state index contributed by atoms with van der Waals surface area (Å²) in [5.41, 5.74) is 2.46. The fourth-order valence-electron chi connectivity index (χ4n) is 2.74. The number of aryl methyl sites for hydroxylation is 2. The molecule has 4 heteroatoms. The van der Waals surface area contributed by atoms with E-state index < -0.39 is 6.10 Å². The Labute approximate surface area is 156 Å². The Kier molecular flexibility index (Phi) is 8.00. The van der Waals surface area contributed by atoms with Crippen LogP contribution in [0.5, 0.6) is 11.5 Å². The third kappa shape index (κ3) is 6.10. The highest BCUT2D eigenvalue weighted by molar-refractivity contribution is 5.81. The molecule has 0 aliphatic rings. The first-order chi connectivity index (χ1) is 12.7. The first-order valence-corrected chi connectivity index (χ1v) is 9.32. The van der Waals surface area contributed by atoms with E-state index in [0.717, 1.165) is 30.8 Å². The van der Waals surface area contributed by atoms with Crippen LogP contribution < -0.4 is 14.8 Å². The van der Waals surface area contributed by atoms with Crippen molar-refractivity contribution >= 4 is 5.91 Å². The number of hydrogen-bond donors (Lipinski definition) is 1. The molecular weight excluding hydrogens is 326 g/mol. The van der Waals surface area contributed by atoms with Gasteiger partial charge in [-0.15, -0.1) is 0 Å². The van der Waals surface area contributed by atoms with E-state index in [1.807, 2.05) is 49.4 Å². The summed E-state index contributed by atoms with van der Waals surface area (Å²) in [6.45, 7) is 4.70. The Morgan fingerprint density at radius 2 is 1.81 bits per heavy atom. The van der Waals surface area contributed by atoms with Gasteiger partial charge >= 0.3 is 0 Å². The zero-order chi connectivity index (χ0) is 18.8. The highest BCUT2D eigenvalue weighted by atomic mass is 16.5. The van der Waals surface area contributed by atoms with Gasteiger partial charge in [-0.25, -0.2) is 0 Å². The van der Waals surface area contributed by atoms with Gasteiger partial charge in [0, 0.05) is 6.54 Å². The molecule has 0 spiro atoms. The molecule has 4 nitrogen and oxygen atoms in total. The molecular formula is C22H29NO3. The van der Waals surface area contributed by atoms with Gasteiger partial charge < -0.3 is 14.8 Å². The van der Waals surface area contributed by atoms with Crippen molar-refractivity contribution in [1.82, 2.24) is 5.32 Å². The van der Waals surface area contributed by atoms with Gasteiger partial charge in [-0.1, -0.05) is 38.1 Å². The van der Waals surface area contributed by atoms with Gasteiger partial charge in [0.15, 0.2) is 6.10 Å². The van der Waals surface area contributed by atoms with Crippen LogP contribution in [0.3, 0.4) is 0 Å². The SMILES string of the molecule is CCc1ccc(O[C@@H](CC)C(=O)NCCCc2cccc(OC)c2)cc1. The lowest BCUT2D eigenvalue weighted by Gasteiger charge is -2.17. The number of methoxy groups -OCH3 is 1. The molecule has 1 N–H and O–H groups in total. The zero-order valence-corrected chi connectivity index (χ0v) is 16.0. The molecule has 0 aromatic heterocycles. The molecule has 2 rings (SSSR count). The van der Waals surface area contributed by atoms with E-state index in [9.17, 15) is 4.79 Å². The topological polar surface area (TPSA) is 47.6 Å². The lowest BCUT2D eigenvalue weighted by Crippen LogP contribution is -2.38. The Morgan fingerprint density at radius 1 is 1.04 bits per heavy atom. The quantitative estimate of drug-likeness (QED) is 0.651. The molecule has 1 atom stereocenters. The predicted molar refractivity (Wildman–Crippen MR) is 105 cm³/mol. The second-order valence-electron chi connectivity index (χ2n) is 6.26. The first-order valence-electron chi connectivity index (χ1n) is 9.32. The minimum atomic E-state index is -0.459. The summed E-state index contributed by atoms with van der Waals surface area (Å²) in [6, 6.07) is 15.9. The molecule has 0 radical (unpaired) electrons. The van der Waals surface area contributed by atoms with Crippen LogP contribution in [0.1, 0.15) is 37.8 Å². The molecule has 0 saturated carbocycles. The van der Waals surface area contributed by atoms with Crippen LogP contribution in [0.25, 0.3) is 0 Å². The van der Waals surface area contributed by atoms with Gasteiger partial charge in [-0.3, -0.25) is 4.79 Å². The Morgan fingerprint density at radius 3 is 2.46 bits per heavy atom. The Bertz CT molecular complexity index is 682. The molecule has 0 aliphatic carbocycles. The third-order valence-corrected chi connectivity index (χ3v) is 4.35. The van der Waals surface area contributed by atoms with Crippen molar-refractivity contribution in [3.8, 4) is 11.5 Å². The molecule has 2 aromatic rings. The van der Waals surface area contributed by atoms with Crippen molar-refractivity contribution in [3.63, 3.8) is 0 Å². The van der Waals surface area contributed by atoms with Crippen LogP contribution in [0.15, 0.2) is 48.5 Å². The summed E-state index contributed by atoms with van der Waals surface area (Å²) in [6.07, 6.45) is 2.94.